The van der Waals surface area contributed by atoms with Crippen LogP contribution in [0.2, 0.25) is 0 Å². The lowest BCUT2D eigenvalue weighted by Gasteiger charge is -2.27. The van der Waals surface area contributed by atoms with Crippen LogP contribution in [-0.2, 0) is 16.0 Å². The topological polar surface area (TPSA) is 94.6 Å². The van der Waals surface area contributed by atoms with E-state index in [1.807, 2.05) is 26.1 Å². The minimum absolute atomic E-state index is 0.105. The summed E-state index contributed by atoms with van der Waals surface area (Å²) in [5, 5.41) is 16.0. The highest BCUT2D eigenvalue weighted by Crippen LogP contribution is 2.28. The largest absolute Gasteiger partial charge is 0.480 e. The van der Waals surface area contributed by atoms with Crippen LogP contribution in [0.15, 0.2) is 18.3 Å². The summed E-state index contributed by atoms with van der Waals surface area (Å²) in [5.41, 5.74) is 1.31. The summed E-state index contributed by atoms with van der Waals surface area (Å²) in [6, 6.07) is 4.42. The standard InChI is InChI=1S/C25H40N4O3/c1-3-18(4-2)24(30)28-22(25(31)32)14-17-29(21-12-13-21)16-6-5-9-20-11-10-19-8-7-15-26-23(19)27-20/h7-8,15,18,20-22H,3-6,9-14,16-17H2,1-2H3,(H,26,27)(H,28,30)(H,31,32). The number of carboxylic acids is 1. The maximum absolute atomic E-state index is 12.4. The summed E-state index contributed by atoms with van der Waals surface area (Å²) in [5.74, 6) is -0.126. The Morgan fingerprint density at radius 3 is 2.69 bits per heavy atom. The van der Waals surface area contributed by atoms with Gasteiger partial charge in [0.15, 0.2) is 0 Å². The molecule has 1 aliphatic heterocycles. The first kappa shape index (κ1) is 24.5. The van der Waals surface area contributed by atoms with Crippen LogP contribution in [0.1, 0.15) is 77.2 Å². The Labute approximate surface area is 192 Å². The van der Waals surface area contributed by atoms with Crippen molar-refractivity contribution in [3.63, 3.8) is 0 Å². The van der Waals surface area contributed by atoms with Crippen molar-refractivity contribution < 1.29 is 14.7 Å². The summed E-state index contributed by atoms with van der Waals surface area (Å²) < 4.78 is 0. The van der Waals surface area contributed by atoms with Crippen molar-refractivity contribution in [1.82, 2.24) is 15.2 Å². The summed E-state index contributed by atoms with van der Waals surface area (Å²) in [7, 11) is 0. The second-order valence-corrected chi connectivity index (χ2v) is 9.36. The van der Waals surface area contributed by atoms with Gasteiger partial charge in [-0.2, -0.15) is 0 Å². The van der Waals surface area contributed by atoms with Gasteiger partial charge in [-0.1, -0.05) is 26.3 Å². The highest BCUT2D eigenvalue weighted by molar-refractivity contribution is 5.84. The fourth-order valence-corrected chi connectivity index (χ4v) is 4.71. The van der Waals surface area contributed by atoms with Crippen molar-refractivity contribution in [2.45, 2.75) is 96.2 Å². The first-order valence-electron chi connectivity index (χ1n) is 12.5. The van der Waals surface area contributed by atoms with Gasteiger partial charge in [-0.15, -0.1) is 0 Å². The molecule has 1 fully saturated rings. The normalized spacial score (nSPS) is 18.8. The van der Waals surface area contributed by atoms with E-state index in [4.69, 9.17) is 0 Å². The lowest BCUT2D eigenvalue weighted by molar-refractivity contribution is -0.142. The van der Waals surface area contributed by atoms with E-state index in [1.165, 1.54) is 18.4 Å². The van der Waals surface area contributed by atoms with Gasteiger partial charge in [0.2, 0.25) is 5.91 Å². The van der Waals surface area contributed by atoms with Gasteiger partial charge in [0.05, 0.1) is 0 Å². The highest BCUT2D eigenvalue weighted by atomic mass is 16.4. The molecule has 7 nitrogen and oxygen atoms in total. The van der Waals surface area contributed by atoms with E-state index in [1.54, 1.807) is 0 Å². The average Bonchev–Trinajstić information content (AvgIpc) is 3.63. The van der Waals surface area contributed by atoms with Crippen molar-refractivity contribution in [1.29, 1.82) is 0 Å². The first-order valence-corrected chi connectivity index (χ1v) is 12.5. The van der Waals surface area contributed by atoms with Gasteiger partial charge in [0.1, 0.15) is 11.9 Å². The number of aromatic nitrogens is 1. The van der Waals surface area contributed by atoms with Crippen LogP contribution in [0.3, 0.4) is 0 Å². The predicted molar refractivity (Wildman–Crippen MR) is 127 cm³/mol. The Balaban J connectivity index is 1.39. The molecule has 1 amide bonds. The zero-order valence-corrected chi connectivity index (χ0v) is 19.7. The number of anilines is 1. The number of aryl methyl sites for hydroxylation is 1. The quantitative estimate of drug-likeness (QED) is 0.378. The van der Waals surface area contributed by atoms with Crippen LogP contribution in [0.25, 0.3) is 0 Å². The maximum atomic E-state index is 12.4. The van der Waals surface area contributed by atoms with Crippen LogP contribution < -0.4 is 10.6 Å². The van der Waals surface area contributed by atoms with Gasteiger partial charge >= 0.3 is 5.97 Å². The van der Waals surface area contributed by atoms with Crippen LogP contribution >= 0.6 is 0 Å². The second kappa shape index (κ2) is 12.2. The maximum Gasteiger partial charge on any atom is 0.326 e. The number of aliphatic carboxylic acids is 1. The molecule has 3 rings (SSSR count). The van der Waals surface area contributed by atoms with Crippen molar-refractivity contribution in [3.8, 4) is 0 Å². The van der Waals surface area contributed by atoms with Gasteiger partial charge in [0, 0.05) is 30.7 Å². The molecule has 3 N–H and O–H groups in total. The lowest BCUT2D eigenvalue weighted by atomic mass is 9.97. The van der Waals surface area contributed by atoms with E-state index in [9.17, 15) is 14.7 Å². The number of nitrogens with one attached hydrogen (secondary N) is 2. The molecule has 2 aliphatic rings. The number of carbonyl (C=O) groups excluding carboxylic acids is 1. The van der Waals surface area contributed by atoms with E-state index in [0.717, 1.165) is 63.9 Å². The molecule has 0 spiro atoms. The fraction of sp³-hybridized carbons (Fsp3) is 0.720. The fourth-order valence-electron chi connectivity index (χ4n) is 4.71. The molecule has 0 saturated heterocycles. The molecule has 1 aliphatic carbocycles. The van der Waals surface area contributed by atoms with E-state index in [0.29, 0.717) is 18.5 Å². The lowest BCUT2D eigenvalue weighted by Crippen LogP contribution is -2.45. The zero-order valence-electron chi connectivity index (χ0n) is 19.7. The van der Waals surface area contributed by atoms with Gasteiger partial charge in [0.25, 0.3) is 0 Å². The zero-order chi connectivity index (χ0) is 22.9. The smallest absolute Gasteiger partial charge is 0.326 e. The van der Waals surface area contributed by atoms with Gasteiger partial charge in [-0.3, -0.25) is 4.79 Å². The third-order valence-corrected chi connectivity index (χ3v) is 6.98. The Hall–Kier alpha value is -2.15. The minimum atomic E-state index is -0.933. The van der Waals surface area contributed by atoms with Crippen molar-refractivity contribution >= 4 is 17.7 Å². The second-order valence-electron chi connectivity index (χ2n) is 9.36. The molecule has 0 radical (unpaired) electrons. The number of carboxylic acid groups (broad SMARTS) is 1. The minimum Gasteiger partial charge on any atom is -0.480 e. The van der Waals surface area contributed by atoms with Gasteiger partial charge < -0.3 is 20.6 Å². The Morgan fingerprint density at radius 2 is 2.00 bits per heavy atom. The Kier molecular flexibility index (Phi) is 9.33. The van der Waals surface area contributed by atoms with Crippen LogP contribution in [0.5, 0.6) is 0 Å². The third-order valence-electron chi connectivity index (χ3n) is 6.98. The molecule has 1 saturated carbocycles. The van der Waals surface area contributed by atoms with Gasteiger partial charge in [-0.25, -0.2) is 9.78 Å². The molecule has 0 bridgehead atoms. The first-order chi connectivity index (χ1) is 15.5. The van der Waals surface area contributed by atoms with E-state index in [-0.39, 0.29) is 11.8 Å². The van der Waals surface area contributed by atoms with Gasteiger partial charge in [-0.05, 0) is 76.0 Å². The highest BCUT2D eigenvalue weighted by Gasteiger charge is 2.30. The molecule has 32 heavy (non-hydrogen) atoms. The molecular weight excluding hydrogens is 404 g/mol. The number of fused-ring (bicyclic) bond motifs is 1. The van der Waals surface area contributed by atoms with Crippen molar-refractivity contribution in [2.24, 2.45) is 5.92 Å². The number of nitrogens with zero attached hydrogens (tertiary/aromatic N) is 2. The Bertz CT molecular complexity index is 748. The summed E-state index contributed by atoms with van der Waals surface area (Å²) in [6.07, 6.45) is 11.8. The van der Waals surface area contributed by atoms with Crippen LogP contribution in [0, 0.1) is 5.92 Å². The number of carbonyl (C=O) groups is 2. The summed E-state index contributed by atoms with van der Waals surface area (Å²) in [4.78, 5) is 31.0. The number of hydrogen-bond donors (Lipinski definition) is 3. The van der Waals surface area contributed by atoms with Crippen LogP contribution in [0.4, 0.5) is 5.82 Å². The molecule has 2 unspecified atom stereocenters. The molecule has 7 heteroatoms. The number of pyridine rings is 1. The third kappa shape index (κ3) is 7.19. The number of amides is 1. The molecular formula is C25H40N4O3. The predicted octanol–water partition coefficient (Wildman–Crippen LogP) is 3.84. The average molecular weight is 445 g/mol. The van der Waals surface area contributed by atoms with Crippen molar-refractivity contribution in [2.75, 3.05) is 18.4 Å². The molecule has 1 aromatic heterocycles. The van der Waals surface area contributed by atoms with E-state index >= 15 is 0 Å². The molecule has 1 aromatic rings. The molecule has 2 heterocycles. The number of hydrogen-bond acceptors (Lipinski definition) is 5. The molecule has 2 atom stereocenters. The van der Waals surface area contributed by atoms with E-state index in [2.05, 4.69) is 26.6 Å². The van der Waals surface area contributed by atoms with Crippen molar-refractivity contribution in [3.05, 3.63) is 23.9 Å². The van der Waals surface area contributed by atoms with E-state index < -0.39 is 12.0 Å². The molecule has 0 aromatic carbocycles. The molecule has 178 valence electrons. The summed E-state index contributed by atoms with van der Waals surface area (Å²) in [6.45, 7) is 5.66. The SMILES string of the molecule is CCC(CC)C(=O)NC(CCN(CCCCC1CCc2cccnc2N1)C1CC1)C(=O)O. The monoisotopic (exact) mass is 444 g/mol. The number of unbranched alkanes of at least 4 members (excludes halogenated alkanes) is 1. The number of rotatable bonds is 14. The Morgan fingerprint density at radius 1 is 1.22 bits per heavy atom. The van der Waals surface area contributed by atoms with Crippen LogP contribution in [-0.4, -0.2) is 58.1 Å². The summed E-state index contributed by atoms with van der Waals surface area (Å²) >= 11 is 0.